The van der Waals surface area contributed by atoms with E-state index in [-0.39, 0.29) is 57.2 Å². The molecular weight excluding hydrogens is 650 g/mol. The van der Waals surface area contributed by atoms with Gasteiger partial charge in [0.2, 0.25) is 5.91 Å². The summed E-state index contributed by atoms with van der Waals surface area (Å²) in [6.07, 6.45) is 14.9. The SMILES string of the molecule is C=C(C)[C@@H]1CC[C@]2(C(=O)N3CCCC3C3NC=C(c4ccc(F)cc4)N3)CC[C@]3(C)[C@H](CC[C@@H]4[C@@]5(C)CC[C@H](OC(C)=O)C(C)(C)[C@@H]5CC[C@]43C)[C@@H]12. The number of amides is 1. The highest BCUT2D eigenvalue weighted by atomic mass is 19.1. The smallest absolute Gasteiger partial charge is 0.302 e. The summed E-state index contributed by atoms with van der Waals surface area (Å²) >= 11 is 0. The molecule has 1 aromatic rings. The molecule has 52 heavy (non-hydrogen) atoms. The summed E-state index contributed by atoms with van der Waals surface area (Å²) in [5.74, 6) is 2.37. The Labute approximate surface area is 312 Å². The van der Waals surface area contributed by atoms with Gasteiger partial charge in [-0.2, -0.15) is 0 Å². The molecule has 1 amide bonds. The average Bonchev–Trinajstić information content (AvgIpc) is 3.85. The van der Waals surface area contributed by atoms with Crippen LogP contribution in [-0.4, -0.2) is 41.6 Å². The summed E-state index contributed by atoms with van der Waals surface area (Å²) in [5.41, 5.74) is 3.34. The molecule has 2 aliphatic heterocycles. The van der Waals surface area contributed by atoms with Gasteiger partial charge >= 0.3 is 5.97 Å². The van der Waals surface area contributed by atoms with Crippen molar-refractivity contribution in [3.63, 3.8) is 0 Å². The number of allylic oxidation sites excluding steroid dienone is 1. The first kappa shape index (κ1) is 36.2. The summed E-state index contributed by atoms with van der Waals surface area (Å²) in [6, 6.07) is 6.70. The fourth-order valence-electron chi connectivity index (χ4n) is 15.0. The highest BCUT2D eigenvalue weighted by Crippen LogP contribution is 2.77. The molecule has 7 aliphatic rings. The van der Waals surface area contributed by atoms with Crippen molar-refractivity contribution in [2.24, 2.45) is 56.7 Å². The van der Waals surface area contributed by atoms with Crippen LogP contribution in [0.5, 0.6) is 0 Å². The van der Waals surface area contributed by atoms with Crippen molar-refractivity contribution in [1.29, 1.82) is 0 Å². The van der Waals surface area contributed by atoms with E-state index < -0.39 is 0 Å². The van der Waals surface area contributed by atoms with E-state index in [4.69, 9.17) is 4.74 Å². The van der Waals surface area contributed by atoms with Gasteiger partial charge in [-0.15, -0.1) is 0 Å². The van der Waals surface area contributed by atoms with Gasteiger partial charge in [-0.25, -0.2) is 4.39 Å². The number of ether oxygens (including phenoxy) is 1. The van der Waals surface area contributed by atoms with Crippen LogP contribution in [0.2, 0.25) is 0 Å². The van der Waals surface area contributed by atoms with Crippen molar-refractivity contribution in [1.82, 2.24) is 15.5 Å². The first-order chi connectivity index (χ1) is 24.6. The van der Waals surface area contributed by atoms with Gasteiger partial charge in [-0.1, -0.05) is 46.8 Å². The minimum absolute atomic E-state index is 0.00944. The third-order valence-electron chi connectivity index (χ3n) is 17.6. The van der Waals surface area contributed by atoms with Crippen LogP contribution in [0.15, 0.2) is 42.6 Å². The Hall–Kier alpha value is -2.83. The highest BCUT2D eigenvalue weighted by Gasteiger charge is 2.72. The van der Waals surface area contributed by atoms with Crippen molar-refractivity contribution in [2.45, 2.75) is 144 Å². The van der Waals surface area contributed by atoms with E-state index in [1.807, 2.05) is 18.3 Å². The summed E-state index contributed by atoms with van der Waals surface area (Å²) in [4.78, 5) is 29.8. The molecule has 2 N–H and O–H groups in total. The number of carbonyl (C=O) groups is 2. The standard InChI is InChI=1S/C45H64FN3O3/c1-27(2)31-17-22-45(40(51)49-25-9-10-34(49)39-47-26-33(48-39)29-11-13-30(46)14-12-29)24-23-43(7)32(38(31)45)15-16-36-42(6)20-19-37(52-28(3)50)41(4,5)35(42)18-21-44(36,43)8/h11-14,26,31-32,34-39,47-48H,1,9-10,15-25H2,2-8H3/t31-,32+,34?,35-,36+,37-,38+,39?,42-,43+,44+,45-/m0/s1. The quantitative estimate of drug-likeness (QED) is 0.235. The minimum atomic E-state index is -0.337. The van der Waals surface area contributed by atoms with E-state index in [1.54, 1.807) is 6.92 Å². The molecule has 0 bridgehead atoms. The largest absolute Gasteiger partial charge is 0.462 e. The first-order valence-electron chi connectivity index (χ1n) is 20.7. The second kappa shape index (κ2) is 12.3. The Morgan fingerprint density at radius 1 is 0.865 bits per heavy atom. The maximum Gasteiger partial charge on any atom is 0.302 e. The monoisotopic (exact) mass is 713 g/mol. The predicted molar refractivity (Wildman–Crippen MR) is 204 cm³/mol. The zero-order valence-corrected chi connectivity index (χ0v) is 33.0. The first-order valence-corrected chi connectivity index (χ1v) is 20.7. The van der Waals surface area contributed by atoms with Crippen LogP contribution in [-0.2, 0) is 14.3 Å². The minimum Gasteiger partial charge on any atom is -0.462 e. The molecule has 12 atom stereocenters. The van der Waals surface area contributed by atoms with Gasteiger partial charge in [-0.3, -0.25) is 9.59 Å². The van der Waals surface area contributed by atoms with Crippen LogP contribution in [0.3, 0.4) is 0 Å². The Morgan fingerprint density at radius 2 is 1.62 bits per heavy atom. The summed E-state index contributed by atoms with van der Waals surface area (Å²) in [5, 5.41) is 7.23. The maximum atomic E-state index is 15.4. The van der Waals surface area contributed by atoms with Crippen LogP contribution in [0, 0.1) is 62.5 Å². The number of hydrogen-bond donors (Lipinski definition) is 2. The lowest BCUT2D eigenvalue weighted by molar-refractivity contribution is -0.249. The molecule has 0 aromatic heterocycles. The number of rotatable bonds is 5. The second-order valence-electron chi connectivity index (χ2n) is 19.9. The normalized spacial score (nSPS) is 44.6. The second-order valence-corrected chi connectivity index (χ2v) is 19.9. The third kappa shape index (κ3) is 5.05. The van der Waals surface area contributed by atoms with Crippen LogP contribution in [0.25, 0.3) is 5.70 Å². The average molecular weight is 714 g/mol. The topological polar surface area (TPSA) is 70.7 Å². The molecule has 1 saturated heterocycles. The summed E-state index contributed by atoms with van der Waals surface area (Å²) in [6.45, 7) is 21.9. The predicted octanol–water partition coefficient (Wildman–Crippen LogP) is 9.22. The van der Waals surface area contributed by atoms with E-state index in [0.29, 0.717) is 35.5 Å². The van der Waals surface area contributed by atoms with Crippen LogP contribution >= 0.6 is 0 Å². The fourth-order valence-corrected chi connectivity index (χ4v) is 15.0. The van der Waals surface area contributed by atoms with Gasteiger partial charge in [0.25, 0.3) is 0 Å². The fraction of sp³-hybridized carbons (Fsp3) is 0.733. The van der Waals surface area contributed by atoms with E-state index in [2.05, 4.69) is 63.7 Å². The molecule has 2 unspecified atom stereocenters. The number of likely N-dealkylation sites (tertiary alicyclic amines) is 1. The van der Waals surface area contributed by atoms with E-state index in [9.17, 15) is 9.18 Å². The van der Waals surface area contributed by atoms with Crippen LogP contribution < -0.4 is 10.6 Å². The lowest BCUT2D eigenvalue weighted by atomic mass is 9.32. The number of hydrogen-bond acceptors (Lipinski definition) is 5. The van der Waals surface area contributed by atoms with Crippen LogP contribution in [0.1, 0.15) is 131 Å². The number of carbonyl (C=O) groups excluding carboxylic acids is 2. The van der Waals surface area contributed by atoms with Gasteiger partial charge in [0, 0.05) is 25.1 Å². The third-order valence-corrected chi connectivity index (χ3v) is 17.6. The van der Waals surface area contributed by atoms with E-state index >= 15 is 4.79 Å². The van der Waals surface area contributed by atoms with E-state index in [1.165, 1.54) is 43.4 Å². The summed E-state index contributed by atoms with van der Waals surface area (Å²) < 4.78 is 19.7. The van der Waals surface area contributed by atoms with Crippen molar-refractivity contribution >= 4 is 17.6 Å². The Balaban J connectivity index is 1.07. The molecule has 5 saturated carbocycles. The zero-order chi connectivity index (χ0) is 37.0. The van der Waals surface area contributed by atoms with Gasteiger partial charge in [-0.05, 0) is 160 Å². The molecule has 1 aromatic carbocycles. The molecule has 6 nitrogen and oxygen atoms in total. The molecule has 5 aliphatic carbocycles. The van der Waals surface area contributed by atoms with Gasteiger partial charge < -0.3 is 20.3 Å². The van der Waals surface area contributed by atoms with E-state index in [0.717, 1.165) is 69.2 Å². The lowest BCUT2D eigenvalue weighted by Crippen LogP contribution is -2.68. The molecular formula is C45H64FN3O3. The van der Waals surface area contributed by atoms with Crippen LogP contribution in [0.4, 0.5) is 4.39 Å². The number of esters is 1. The summed E-state index contributed by atoms with van der Waals surface area (Å²) in [7, 11) is 0. The molecule has 284 valence electrons. The van der Waals surface area contributed by atoms with Gasteiger partial charge in [0.1, 0.15) is 18.1 Å². The van der Waals surface area contributed by atoms with Crippen molar-refractivity contribution in [2.75, 3.05) is 6.54 Å². The maximum absolute atomic E-state index is 15.4. The molecule has 7 heteroatoms. The van der Waals surface area contributed by atoms with Gasteiger partial charge in [0.15, 0.2) is 0 Å². The number of nitrogens with zero attached hydrogens (tertiary/aromatic N) is 1. The van der Waals surface area contributed by atoms with Crippen molar-refractivity contribution < 1.29 is 18.7 Å². The Bertz CT molecular complexity index is 1650. The Kier molecular flexibility index (Phi) is 8.59. The molecule has 0 spiro atoms. The number of benzene rings is 1. The molecule has 0 radical (unpaired) electrons. The molecule has 8 rings (SSSR count). The highest BCUT2D eigenvalue weighted by molar-refractivity contribution is 5.85. The number of nitrogens with one attached hydrogen (secondary N) is 2. The van der Waals surface area contributed by atoms with Crippen molar-refractivity contribution in [3.8, 4) is 0 Å². The Morgan fingerprint density at radius 3 is 2.33 bits per heavy atom. The molecule has 2 heterocycles. The number of fused-ring (bicyclic) bond motifs is 7. The van der Waals surface area contributed by atoms with Gasteiger partial charge in [0.05, 0.1) is 17.2 Å². The number of halogens is 1. The zero-order valence-electron chi connectivity index (χ0n) is 33.0. The lowest BCUT2D eigenvalue weighted by Gasteiger charge is -2.73. The van der Waals surface area contributed by atoms with Crippen molar-refractivity contribution in [3.05, 3.63) is 54.0 Å². The molecule has 6 fully saturated rings.